The quantitative estimate of drug-likeness (QED) is 0.774. The van der Waals surface area contributed by atoms with Gasteiger partial charge in [-0.15, -0.1) is 0 Å². The van der Waals surface area contributed by atoms with E-state index >= 15 is 0 Å². The maximum absolute atomic E-state index is 9.03. The Morgan fingerprint density at radius 1 is 1.50 bits per heavy atom. The zero-order chi connectivity index (χ0) is 9.80. The predicted molar refractivity (Wildman–Crippen MR) is 53.0 cm³/mol. The highest BCUT2D eigenvalue weighted by molar-refractivity contribution is 5.28. The number of hydrogen-bond donors (Lipinski definition) is 1. The molecule has 1 aromatic rings. The van der Waals surface area contributed by atoms with Crippen molar-refractivity contribution in [1.29, 1.82) is 0 Å². The van der Waals surface area contributed by atoms with E-state index in [2.05, 4.69) is 4.98 Å². The molecule has 0 amide bonds. The van der Waals surface area contributed by atoms with E-state index in [1.165, 1.54) is 12.8 Å². The minimum atomic E-state index is 0.0152. The van der Waals surface area contributed by atoms with Gasteiger partial charge in [-0.1, -0.05) is 12.8 Å². The highest BCUT2D eigenvalue weighted by atomic mass is 16.5. The summed E-state index contributed by atoms with van der Waals surface area (Å²) in [6.07, 6.45) is 7.16. The van der Waals surface area contributed by atoms with E-state index in [0.717, 1.165) is 30.3 Å². The molecule has 0 aromatic carbocycles. The van der Waals surface area contributed by atoms with Gasteiger partial charge >= 0.3 is 0 Å². The number of rotatable bonds is 5. The topological polar surface area (TPSA) is 42.4 Å². The van der Waals surface area contributed by atoms with Crippen molar-refractivity contribution in [2.75, 3.05) is 6.61 Å². The molecule has 14 heavy (non-hydrogen) atoms. The summed E-state index contributed by atoms with van der Waals surface area (Å²) in [5.41, 5.74) is 0.816. The van der Waals surface area contributed by atoms with E-state index in [0.29, 0.717) is 0 Å². The first-order valence-electron chi connectivity index (χ1n) is 5.06. The number of hydrogen-bond acceptors (Lipinski definition) is 3. The number of aliphatic hydroxyl groups excluding tert-OH is 1. The molecule has 2 rings (SSSR count). The molecule has 3 heteroatoms. The molecule has 1 aromatic heterocycles. The second kappa shape index (κ2) is 4.42. The molecular weight excluding hydrogens is 178 g/mol. The smallest absolute Gasteiger partial charge is 0.143 e. The standard InChI is InChI=1S/C11H15NO2/c13-8-10-3-5-12-7-11(10)14-6-4-9-1-2-9/h3,5,7,9,13H,1-2,4,6,8H2. The predicted octanol–water partition coefficient (Wildman–Crippen LogP) is 1.75. The molecule has 0 aliphatic heterocycles. The second-order valence-electron chi connectivity index (χ2n) is 3.72. The van der Waals surface area contributed by atoms with Gasteiger partial charge in [-0.05, 0) is 18.4 Å². The van der Waals surface area contributed by atoms with E-state index in [1.807, 2.05) is 0 Å². The van der Waals surface area contributed by atoms with Crippen molar-refractivity contribution in [2.24, 2.45) is 5.92 Å². The molecule has 1 aliphatic carbocycles. The lowest BCUT2D eigenvalue weighted by Gasteiger charge is -2.08. The van der Waals surface area contributed by atoms with Crippen LogP contribution in [0.4, 0.5) is 0 Å². The van der Waals surface area contributed by atoms with Gasteiger partial charge in [0.05, 0.1) is 19.4 Å². The normalized spacial score (nSPS) is 15.5. The van der Waals surface area contributed by atoms with E-state index in [1.54, 1.807) is 18.5 Å². The van der Waals surface area contributed by atoms with E-state index in [9.17, 15) is 0 Å². The van der Waals surface area contributed by atoms with Crippen LogP contribution in [0.15, 0.2) is 18.5 Å². The molecule has 1 aliphatic rings. The minimum absolute atomic E-state index is 0.0152. The Bertz CT molecular complexity index is 297. The Labute approximate surface area is 83.7 Å². The number of nitrogens with zero attached hydrogens (tertiary/aromatic N) is 1. The molecule has 1 fully saturated rings. The fourth-order valence-electron chi connectivity index (χ4n) is 1.41. The van der Waals surface area contributed by atoms with Crippen molar-refractivity contribution in [1.82, 2.24) is 4.98 Å². The van der Waals surface area contributed by atoms with Gasteiger partial charge in [-0.25, -0.2) is 0 Å². The van der Waals surface area contributed by atoms with Crippen LogP contribution >= 0.6 is 0 Å². The van der Waals surface area contributed by atoms with E-state index in [4.69, 9.17) is 9.84 Å². The van der Waals surface area contributed by atoms with E-state index < -0.39 is 0 Å². The monoisotopic (exact) mass is 193 g/mol. The first-order valence-corrected chi connectivity index (χ1v) is 5.06. The summed E-state index contributed by atoms with van der Waals surface area (Å²) in [5, 5.41) is 9.03. The molecule has 0 radical (unpaired) electrons. The fraction of sp³-hybridized carbons (Fsp3) is 0.545. The van der Waals surface area contributed by atoms with Crippen LogP contribution in [0.3, 0.4) is 0 Å². The van der Waals surface area contributed by atoms with Crippen LogP contribution in [0.5, 0.6) is 5.75 Å². The Hall–Kier alpha value is -1.09. The van der Waals surface area contributed by atoms with Crippen LogP contribution < -0.4 is 4.74 Å². The van der Waals surface area contributed by atoms with E-state index in [-0.39, 0.29) is 6.61 Å². The van der Waals surface area contributed by atoms with Crippen molar-refractivity contribution >= 4 is 0 Å². The van der Waals surface area contributed by atoms with Crippen molar-refractivity contribution in [3.8, 4) is 5.75 Å². The average Bonchev–Trinajstić information content (AvgIpc) is 3.03. The maximum atomic E-state index is 9.03. The van der Waals surface area contributed by atoms with Gasteiger partial charge in [-0.3, -0.25) is 4.98 Å². The number of ether oxygens (including phenoxy) is 1. The maximum Gasteiger partial charge on any atom is 0.143 e. The van der Waals surface area contributed by atoms with Gasteiger partial charge in [0.15, 0.2) is 0 Å². The number of aliphatic hydroxyl groups is 1. The van der Waals surface area contributed by atoms with Crippen molar-refractivity contribution in [3.05, 3.63) is 24.0 Å². The van der Waals surface area contributed by atoms with Crippen LogP contribution in [-0.4, -0.2) is 16.7 Å². The van der Waals surface area contributed by atoms with Crippen molar-refractivity contribution in [2.45, 2.75) is 25.9 Å². The van der Waals surface area contributed by atoms with Gasteiger partial charge in [0.2, 0.25) is 0 Å². The SMILES string of the molecule is OCc1ccncc1OCCC1CC1. The number of aromatic nitrogens is 1. The van der Waals surface area contributed by atoms with Crippen LogP contribution in [0.2, 0.25) is 0 Å². The van der Waals surface area contributed by atoms with Crippen LogP contribution in [-0.2, 0) is 6.61 Å². The van der Waals surface area contributed by atoms with Crippen LogP contribution in [0, 0.1) is 5.92 Å². The first kappa shape index (κ1) is 9.46. The highest BCUT2D eigenvalue weighted by Crippen LogP contribution is 2.32. The third kappa shape index (κ3) is 2.45. The summed E-state index contributed by atoms with van der Waals surface area (Å²) in [6, 6.07) is 1.78. The summed E-state index contributed by atoms with van der Waals surface area (Å²) < 4.78 is 5.56. The summed E-state index contributed by atoms with van der Waals surface area (Å²) in [7, 11) is 0. The lowest BCUT2D eigenvalue weighted by Crippen LogP contribution is -2.01. The highest BCUT2D eigenvalue weighted by Gasteiger charge is 2.20. The molecule has 0 bridgehead atoms. The summed E-state index contributed by atoms with van der Waals surface area (Å²) in [6.45, 7) is 0.755. The molecule has 76 valence electrons. The molecule has 1 N–H and O–H groups in total. The van der Waals surface area contributed by atoms with Gasteiger partial charge < -0.3 is 9.84 Å². The van der Waals surface area contributed by atoms with Crippen molar-refractivity contribution in [3.63, 3.8) is 0 Å². The largest absolute Gasteiger partial charge is 0.492 e. The lowest BCUT2D eigenvalue weighted by molar-refractivity contribution is 0.258. The fourth-order valence-corrected chi connectivity index (χ4v) is 1.41. The zero-order valence-electron chi connectivity index (χ0n) is 8.15. The number of pyridine rings is 1. The minimum Gasteiger partial charge on any atom is -0.492 e. The Kier molecular flexibility index (Phi) is 2.99. The Morgan fingerprint density at radius 2 is 2.36 bits per heavy atom. The molecule has 0 saturated heterocycles. The zero-order valence-corrected chi connectivity index (χ0v) is 8.15. The molecule has 0 unspecified atom stereocenters. The van der Waals surface area contributed by atoms with Crippen LogP contribution in [0.1, 0.15) is 24.8 Å². The average molecular weight is 193 g/mol. The lowest BCUT2D eigenvalue weighted by atomic mass is 10.2. The van der Waals surface area contributed by atoms with Gasteiger partial charge in [0.1, 0.15) is 5.75 Å². The van der Waals surface area contributed by atoms with Crippen molar-refractivity contribution < 1.29 is 9.84 Å². The van der Waals surface area contributed by atoms with Gasteiger partial charge in [0, 0.05) is 11.8 Å². The Morgan fingerprint density at radius 3 is 3.07 bits per heavy atom. The van der Waals surface area contributed by atoms with Gasteiger partial charge in [-0.2, -0.15) is 0 Å². The molecular formula is C11H15NO2. The third-order valence-electron chi connectivity index (χ3n) is 2.52. The van der Waals surface area contributed by atoms with Gasteiger partial charge in [0.25, 0.3) is 0 Å². The molecule has 3 nitrogen and oxygen atoms in total. The molecule has 0 spiro atoms. The molecule has 1 saturated carbocycles. The summed E-state index contributed by atoms with van der Waals surface area (Å²) in [5.74, 6) is 1.60. The molecule has 0 atom stereocenters. The van der Waals surface area contributed by atoms with Crippen LogP contribution in [0.25, 0.3) is 0 Å². The Balaban J connectivity index is 1.86. The molecule has 1 heterocycles. The summed E-state index contributed by atoms with van der Waals surface area (Å²) in [4.78, 5) is 3.97. The first-order chi connectivity index (χ1) is 6.90. The third-order valence-corrected chi connectivity index (χ3v) is 2.52. The second-order valence-corrected chi connectivity index (χ2v) is 3.72. The summed E-state index contributed by atoms with van der Waals surface area (Å²) >= 11 is 0.